The minimum Gasteiger partial charge on any atom is -0.366 e. The van der Waals surface area contributed by atoms with Crippen LogP contribution in [-0.2, 0) is 11.3 Å². The van der Waals surface area contributed by atoms with E-state index in [-0.39, 0.29) is 13.2 Å². The Labute approximate surface area is 148 Å². The monoisotopic (exact) mass is 362 g/mol. The van der Waals surface area contributed by atoms with E-state index in [0.29, 0.717) is 13.1 Å². The van der Waals surface area contributed by atoms with Crippen molar-refractivity contribution in [1.82, 2.24) is 19.5 Å². The zero-order valence-electron chi connectivity index (χ0n) is 13.9. The molecule has 0 spiro atoms. The van der Waals surface area contributed by atoms with Gasteiger partial charge in [-0.15, -0.1) is 0 Å². The summed E-state index contributed by atoms with van der Waals surface area (Å²) in [5, 5.41) is 4.33. The number of rotatable bonds is 3. The highest BCUT2D eigenvalue weighted by Gasteiger charge is 2.43. The van der Waals surface area contributed by atoms with Crippen molar-refractivity contribution in [2.75, 3.05) is 19.7 Å². The van der Waals surface area contributed by atoms with Gasteiger partial charge in [0.05, 0.1) is 12.8 Å². The van der Waals surface area contributed by atoms with E-state index in [9.17, 15) is 13.2 Å². The predicted molar refractivity (Wildman–Crippen MR) is 89.5 cm³/mol. The van der Waals surface area contributed by atoms with Crippen molar-refractivity contribution in [3.63, 3.8) is 0 Å². The molecule has 1 aliphatic rings. The third-order valence-corrected chi connectivity index (χ3v) is 4.42. The highest BCUT2D eigenvalue weighted by molar-refractivity contribution is 5.76. The number of halogens is 3. The Bertz CT molecular complexity index is 894. The molecule has 0 N–H and O–H groups in total. The summed E-state index contributed by atoms with van der Waals surface area (Å²) in [5.74, 6) is 0. The molecule has 0 aliphatic carbocycles. The highest BCUT2D eigenvalue weighted by atomic mass is 19.4. The Morgan fingerprint density at radius 3 is 2.73 bits per heavy atom. The Kier molecular flexibility index (Phi) is 4.37. The number of ether oxygens (including phenoxy) is 1. The van der Waals surface area contributed by atoms with Crippen molar-refractivity contribution in [1.29, 1.82) is 0 Å². The van der Waals surface area contributed by atoms with Crippen LogP contribution in [0, 0.1) is 0 Å². The van der Waals surface area contributed by atoms with Gasteiger partial charge in [0.15, 0.2) is 11.8 Å². The molecule has 3 aromatic rings. The van der Waals surface area contributed by atoms with Gasteiger partial charge >= 0.3 is 6.18 Å². The molecule has 136 valence electrons. The summed E-state index contributed by atoms with van der Waals surface area (Å²) in [5.41, 5.74) is 3.46. The predicted octanol–water partition coefficient (Wildman–Crippen LogP) is 3.16. The number of hydrogen-bond acceptors (Lipinski definition) is 4. The average Bonchev–Trinajstić information content (AvgIpc) is 3.05. The van der Waals surface area contributed by atoms with Crippen molar-refractivity contribution in [3.05, 3.63) is 54.5 Å². The van der Waals surface area contributed by atoms with Gasteiger partial charge in [-0.05, 0) is 5.56 Å². The molecule has 1 aliphatic heterocycles. The molecule has 0 saturated carbocycles. The molecule has 1 saturated heterocycles. The maximum Gasteiger partial charge on any atom is 0.415 e. The van der Waals surface area contributed by atoms with Gasteiger partial charge in [-0.25, -0.2) is 9.50 Å². The lowest BCUT2D eigenvalue weighted by molar-refractivity contribution is -0.237. The van der Waals surface area contributed by atoms with Crippen LogP contribution in [0.15, 0.2) is 48.9 Å². The van der Waals surface area contributed by atoms with Gasteiger partial charge in [-0.3, -0.25) is 4.90 Å². The summed E-state index contributed by atoms with van der Waals surface area (Å²) >= 11 is 0. The number of fused-ring (bicyclic) bond motifs is 1. The molecular formula is C18H17F3N4O. The van der Waals surface area contributed by atoms with Gasteiger partial charge in [-0.1, -0.05) is 30.3 Å². The fourth-order valence-electron chi connectivity index (χ4n) is 3.12. The molecule has 2 aromatic heterocycles. The maximum atomic E-state index is 12.8. The van der Waals surface area contributed by atoms with Crippen LogP contribution in [0.3, 0.4) is 0 Å². The zero-order chi connectivity index (χ0) is 18.1. The fourth-order valence-corrected chi connectivity index (χ4v) is 3.12. The van der Waals surface area contributed by atoms with E-state index in [2.05, 4.69) is 10.1 Å². The van der Waals surface area contributed by atoms with Crippen molar-refractivity contribution in [2.45, 2.75) is 18.8 Å². The number of morpholine rings is 1. The second-order valence-electron chi connectivity index (χ2n) is 6.29. The molecule has 26 heavy (non-hydrogen) atoms. The highest BCUT2D eigenvalue weighted by Crippen LogP contribution is 2.27. The zero-order valence-corrected chi connectivity index (χ0v) is 13.9. The third-order valence-electron chi connectivity index (χ3n) is 4.42. The number of nitrogens with zero attached hydrogens (tertiary/aromatic N) is 4. The first kappa shape index (κ1) is 17.0. The molecule has 0 radical (unpaired) electrons. The lowest BCUT2D eigenvalue weighted by Gasteiger charge is -2.33. The van der Waals surface area contributed by atoms with Crippen LogP contribution in [-0.4, -0.2) is 51.5 Å². The van der Waals surface area contributed by atoms with Crippen LogP contribution in [0.1, 0.15) is 5.56 Å². The van der Waals surface area contributed by atoms with Crippen LogP contribution in [0.4, 0.5) is 13.2 Å². The van der Waals surface area contributed by atoms with Crippen molar-refractivity contribution in [2.24, 2.45) is 0 Å². The molecule has 8 heteroatoms. The quantitative estimate of drug-likeness (QED) is 0.718. The van der Waals surface area contributed by atoms with Gasteiger partial charge in [0.25, 0.3) is 0 Å². The number of aromatic nitrogens is 3. The molecule has 1 atom stereocenters. The van der Waals surface area contributed by atoms with Crippen LogP contribution in [0.5, 0.6) is 0 Å². The first-order chi connectivity index (χ1) is 12.5. The molecule has 1 fully saturated rings. The molecule has 3 heterocycles. The van der Waals surface area contributed by atoms with Gasteiger partial charge in [0.2, 0.25) is 0 Å². The Balaban J connectivity index is 1.53. The average molecular weight is 362 g/mol. The van der Waals surface area contributed by atoms with E-state index >= 15 is 0 Å². The van der Waals surface area contributed by atoms with Gasteiger partial charge in [0.1, 0.15) is 0 Å². The molecule has 0 bridgehead atoms. The summed E-state index contributed by atoms with van der Waals surface area (Å²) in [4.78, 5) is 6.20. The van der Waals surface area contributed by atoms with E-state index in [1.807, 2.05) is 36.5 Å². The first-order valence-electron chi connectivity index (χ1n) is 8.29. The van der Waals surface area contributed by atoms with Gasteiger partial charge < -0.3 is 4.74 Å². The van der Waals surface area contributed by atoms with Crippen molar-refractivity contribution >= 4 is 5.65 Å². The topological polar surface area (TPSA) is 42.7 Å². The van der Waals surface area contributed by atoms with Crippen molar-refractivity contribution < 1.29 is 17.9 Å². The number of benzene rings is 1. The minimum atomic E-state index is -4.34. The lowest BCUT2D eigenvalue weighted by Crippen LogP contribution is -2.48. The maximum absolute atomic E-state index is 12.8. The van der Waals surface area contributed by atoms with Crippen LogP contribution >= 0.6 is 0 Å². The van der Waals surface area contributed by atoms with Crippen LogP contribution < -0.4 is 0 Å². The Hall–Kier alpha value is -2.45. The number of hydrogen-bond donors (Lipinski definition) is 0. The van der Waals surface area contributed by atoms with Crippen LogP contribution in [0.2, 0.25) is 0 Å². The smallest absolute Gasteiger partial charge is 0.366 e. The van der Waals surface area contributed by atoms with E-state index < -0.39 is 12.3 Å². The molecule has 4 rings (SSSR count). The summed E-state index contributed by atoms with van der Waals surface area (Å²) in [6.45, 7) is 0.730. The summed E-state index contributed by atoms with van der Waals surface area (Å²) in [6, 6.07) is 9.80. The molecular weight excluding hydrogens is 345 g/mol. The van der Waals surface area contributed by atoms with Crippen molar-refractivity contribution in [3.8, 4) is 11.1 Å². The lowest BCUT2D eigenvalue weighted by atomic mass is 10.1. The summed E-state index contributed by atoms with van der Waals surface area (Å²) in [6.07, 6.45) is -0.820. The molecule has 0 amide bonds. The van der Waals surface area contributed by atoms with Gasteiger partial charge in [0, 0.05) is 43.2 Å². The second kappa shape index (κ2) is 6.69. The van der Waals surface area contributed by atoms with E-state index in [1.165, 1.54) is 0 Å². The normalized spacial score (nSPS) is 19.1. The Morgan fingerprint density at radius 1 is 1.15 bits per heavy atom. The SMILES string of the molecule is FC(F)(F)[C@@H]1CN(Cc2cnc3c(-c4ccccc4)cnn3c2)CCO1. The molecule has 5 nitrogen and oxygen atoms in total. The molecule has 0 unspecified atom stereocenters. The summed E-state index contributed by atoms with van der Waals surface area (Å²) in [7, 11) is 0. The second-order valence-corrected chi connectivity index (χ2v) is 6.29. The van der Waals surface area contributed by atoms with E-state index in [1.54, 1.807) is 21.8 Å². The Morgan fingerprint density at radius 2 is 1.96 bits per heavy atom. The van der Waals surface area contributed by atoms with Gasteiger partial charge in [-0.2, -0.15) is 18.3 Å². The minimum absolute atomic E-state index is 0.0692. The first-order valence-corrected chi connectivity index (χ1v) is 8.29. The fraction of sp³-hybridized carbons (Fsp3) is 0.333. The number of alkyl halides is 3. The standard InChI is InChI=1S/C18H17F3N4O/c19-18(20,21)16-12-24(6-7-26-16)10-13-8-22-17-15(9-23-25(17)11-13)14-4-2-1-3-5-14/h1-5,8-9,11,16H,6-7,10,12H2/t16-/m0/s1. The van der Waals surface area contributed by atoms with Crippen LogP contribution in [0.25, 0.3) is 16.8 Å². The third kappa shape index (κ3) is 3.42. The summed E-state index contributed by atoms with van der Waals surface area (Å²) < 4.78 is 45.0. The largest absolute Gasteiger partial charge is 0.415 e. The molecule has 1 aromatic carbocycles. The van der Waals surface area contributed by atoms with E-state index in [4.69, 9.17) is 4.74 Å². The van der Waals surface area contributed by atoms with E-state index in [0.717, 1.165) is 22.3 Å².